The molecule has 212 valence electrons. The Morgan fingerprint density at radius 3 is 2.29 bits per heavy atom. The second kappa shape index (κ2) is 6.95. The van der Waals surface area contributed by atoms with E-state index in [1.807, 2.05) is 4.57 Å². The molecular weight excluding hydrogens is 535 g/mol. The summed E-state index contributed by atoms with van der Waals surface area (Å²) in [4.78, 5) is 22.6. The van der Waals surface area contributed by atoms with Gasteiger partial charge in [0.25, 0.3) is 0 Å². The van der Waals surface area contributed by atoms with Crippen molar-refractivity contribution in [1.29, 1.82) is 0 Å². The number of hydrogen-bond donors (Lipinski definition) is 1. The summed E-state index contributed by atoms with van der Waals surface area (Å²) < 4.78 is 53.9. The molecule has 8 aliphatic carbocycles. The van der Waals surface area contributed by atoms with Crippen molar-refractivity contribution in [3.05, 3.63) is 35.9 Å². The Bertz CT molecular complexity index is 1610. The van der Waals surface area contributed by atoms with E-state index in [4.69, 9.17) is 14.5 Å². The molecule has 9 nitrogen and oxygen atoms in total. The van der Waals surface area contributed by atoms with E-state index in [9.17, 15) is 13.2 Å². The molecule has 3 aromatic rings. The number of alkyl halides is 3. The van der Waals surface area contributed by atoms with Crippen LogP contribution in [0.25, 0.3) is 11.4 Å². The van der Waals surface area contributed by atoms with E-state index in [0.717, 1.165) is 49.3 Å². The maximum atomic E-state index is 13.6. The summed E-state index contributed by atoms with van der Waals surface area (Å²) in [7, 11) is 3.20. The lowest BCUT2D eigenvalue weighted by Crippen LogP contribution is -3.12. The van der Waals surface area contributed by atoms with Gasteiger partial charge < -0.3 is 19.4 Å². The third-order valence-corrected chi connectivity index (χ3v) is 11.9. The van der Waals surface area contributed by atoms with Crippen LogP contribution < -0.4 is 14.8 Å². The van der Waals surface area contributed by atoms with Gasteiger partial charge >= 0.3 is 6.18 Å². The van der Waals surface area contributed by atoms with Crippen LogP contribution in [-0.4, -0.2) is 50.3 Å². The Kier molecular flexibility index (Phi) is 3.93. The zero-order valence-electron chi connectivity index (χ0n) is 22.5. The largest absolute Gasteiger partial charge is 0.491 e. The van der Waals surface area contributed by atoms with Crippen LogP contribution in [0.15, 0.2) is 18.7 Å². The number of anilines is 1. The van der Waals surface area contributed by atoms with E-state index < -0.39 is 11.9 Å². The average Bonchev–Trinajstić information content (AvgIpc) is 3.93. The fraction of sp³-hybridized carbons (Fsp3) is 0.621. The van der Waals surface area contributed by atoms with Gasteiger partial charge in [-0.1, -0.05) is 0 Å². The first kappa shape index (κ1) is 23.2. The van der Waals surface area contributed by atoms with Crippen molar-refractivity contribution < 1.29 is 22.6 Å². The number of nitrogens with zero attached hydrogens (tertiary/aromatic N) is 6. The van der Waals surface area contributed by atoms with Crippen LogP contribution in [0.5, 0.6) is 11.6 Å². The number of halogens is 3. The van der Waals surface area contributed by atoms with Gasteiger partial charge in [0.2, 0.25) is 5.88 Å². The van der Waals surface area contributed by atoms with E-state index in [2.05, 4.69) is 25.3 Å². The molecule has 0 unspecified atom stereocenters. The molecule has 0 radical (unpaired) electrons. The molecule has 0 saturated heterocycles. The summed E-state index contributed by atoms with van der Waals surface area (Å²) in [5, 5.41) is 3.60. The van der Waals surface area contributed by atoms with Crippen molar-refractivity contribution in [1.82, 2.24) is 29.5 Å². The molecule has 11 rings (SSSR count). The fourth-order valence-corrected chi connectivity index (χ4v) is 10.5. The van der Waals surface area contributed by atoms with Gasteiger partial charge in [-0.2, -0.15) is 13.2 Å². The van der Waals surface area contributed by atoms with Gasteiger partial charge in [-0.3, -0.25) is 0 Å². The summed E-state index contributed by atoms with van der Waals surface area (Å²) in [5.41, 5.74) is 1.04. The van der Waals surface area contributed by atoms with Crippen LogP contribution in [0.3, 0.4) is 0 Å². The number of ether oxygens (including phenoxy) is 2. The van der Waals surface area contributed by atoms with Crippen molar-refractivity contribution >= 4 is 5.82 Å². The molecule has 3 aromatic heterocycles. The van der Waals surface area contributed by atoms with Gasteiger partial charge in [0.1, 0.15) is 17.7 Å². The molecule has 8 saturated carbocycles. The predicted octanol–water partition coefficient (Wildman–Crippen LogP) is 4.48. The van der Waals surface area contributed by atoms with E-state index in [1.165, 1.54) is 12.5 Å². The summed E-state index contributed by atoms with van der Waals surface area (Å²) in [5.74, 6) is 6.37. The quantitative estimate of drug-likeness (QED) is 0.407. The molecule has 1 N–H and O–H groups in total. The molecule has 0 spiro atoms. The van der Waals surface area contributed by atoms with Crippen LogP contribution in [-0.2, 0) is 11.6 Å². The highest BCUT2D eigenvalue weighted by atomic mass is 19.4. The minimum absolute atomic E-state index is 0.101. The smallest absolute Gasteiger partial charge is 0.434 e. The van der Waals surface area contributed by atoms with E-state index in [0.29, 0.717) is 64.7 Å². The maximum absolute atomic E-state index is 13.6. The van der Waals surface area contributed by atoms with Crippen LogP contribution in [0.4, 0.5) is 19.0 Å². The number of methoxy groups -OCH3 is 2. The average molecular weight is 564 g/mol. The van der Waals surface area contributed by atoms with Gasteiger partial charge in [0.15, 0.2) is 23.1 Å². The van der Waals surface area contributed by atoms with Crippen molar-refractivity contribution in [3.8, 4) is 23.0 Å². The number of rotatable bonds is 9. The van der Waals surface area contributed by atoms with Crippen molar-refractivity contribution in [2.24, 2.45) is 40.9 Å². The highest BCUT2D eigenvalue weighted by Gasteiger charge is 3.10. The molecule has 0 bridgehead atoms. The van der Waals surface area contributed by atoms with Crippen LogP contribution in [0.1, 0.15) is 54.9 Å². The summed E-state index contributed by atoms with van der Waals surface area (Å²) >= 11 is 0. The summed E-state index contributed by atoms with van der Waals surface area (Å²) in [6.07, 6.45) is 4.14. The maximum Gasteiger partial charge on any atom is 0.434 e. The molecule has 0 atom stereocenters. The highest BCUT2D eigenvalue weighted by Crippen LogP contribution is 3.09. The first-order valence-corrected chi connectivity index (χ1v) is 14.6. The standard InChI is InChI=1S/C29H28F3N7O2/c1-40-13-7-33-24(15-22(11-3-4-11)35-10-36-25(15)41-2)38-23(13)34-9-27-16-19-17(27)21-18(27)20(16)28(19,21)26-37-14(29(30,31)32)8-39(26)12-5-6-12/h7-8,10-12,16-21H,3-6,9H2,1-2H3,(H,33,34,38). The Hall–Kier alpha value is -3.44. The minimum atomic E-state index is -4.40. The van der Waals surface area contributed by atoms with Gasteiger partial charge in [-0.05, 0) is 66.6 Å². The Labute approximate surface area is 233 Å². The van der Waals surface area contributed by atoms with E-state index in [1.54, 1.807) is 20.4 Å². The van der Waals surface area contributed by atoms with Gasteiger partial charge in [-0.15, -0.1) is 0 Å². The number of imidazole rings is 1. The van der Waals surface area contributed by atoms with Crippen molar-refractivity contribution in [3.63, 3.8) is 0 Å². The van der Waals surface area contributed by atoms with E-state index in [-0.39, 0.29) is 16.9 Å². The van der Waals surface area contributed by atoms with Gasteiger partial charge in [0, 0.05) is 30.1 Å². The van der Waals surface area contributed by atoms with Crippen LogP contribution in [0, 0.1) is 40.9 Å². The molecule has 41 heavy (non-hydrogen) atoms. The Morgan fingerprint density at radius 2 is 1.68 bits per heavy atom. The molecule has 3 heterocycles. The van der Waals surface area contributed by atoms with Crippen molar-refractivity contribution in [2.75, 3.05) is 26.1 Å². The monoisotopic (exact) mass is 563 g/mol. The van der Waals surface area contributed by atoms with Gasteiger partial charge in [-0.25, -0.2) is 24.9 Å². The first-order chi connectivity index (χ1) is 19.9. The lowest BCUT2D eigenvalue weighted by atomic mass is 8.92. The zero-order chi connectivity index (χ0) is 27.6. The molecule has 0 aromatic carbocycles. The molecule has 8 aliphatic rings. The SMILES string of the molecule is COc1cnc(-c2c(OC)ncnc2C2CC2)nc1NCC12C3C4C1C1C2C3C41c1nc(C(F)(F)F)cn1C1CC1. The topological polar surface area (TPSA) is 99.9 Å². The molecular formula is C29H28F3N7O2. The Morgan fingerprint density at radius 1 is 0.951 bits per heavy atom. The number of hydrogen-bond acceptors (Lipinski definition) is 8. The minimum Gasteiger partial charge on any atom is -0.491 e. The van der Waals surface area contributed by atoms with Crippen molar-refractivity contribution in [2.45, 2.75) is 49.2 Å². The van der Waals surface area contributed by atoms with Gasteiger partial charge in [0.05, 0.1) is 26.1 Å². The van der Waals surface area contributed by atoms with Crippen LogP contribution in [0.2, 0.25) is 0 Å². The van der Waals surface area contributed by atoms with E-state index >= 15 is 0 Å². The summed E-state index contributed by atoms with van der Waals surface area (Å²) in [6.45, 7) is 0.780. The molecule has 8 fully saturated rings. The third-order valence-electron chi connectivity index (χ3n) is 11.9. The zero-order valence-corrected chi connectivity index (χ0v) is 22.5. The molecule has 0 amide bonds. The summed E-state index contributed by atoms with van der Waals surface area (Å²) in [6, 6.07) is 0.193. The van der Waals surface area contributed by atoms with Crippen LogP contribution >= 0.6 is 0 Å². The highest BCUT2D eigenvalue weighted by molar-refractivity contribution is 5.69. The molecule has 0 aliphatic heterocycles. The third kappa shape index (κ3) is 2.38. The molecule has 12 heteroatoms. The number of nitrogens with one attached hydrogen (secondary N) is 1. The normalized spacial score (nSPS) is 38.1. The Balaban J connectivity index is 0.926. The second-order valence-electron chi connectivity index (χ2n) is 13.2. The predicted molar refractivity (Wildman–Crippen MR) is 137 cm³/mol. The lowest BCUT2D eigenvalue weighted by Gasteiger charge is -3.11. The number of aromatic nitrogens is 6. The first-order valence-electron chi connectivity index (χ1n) is 14.6. The second-order valence-corrected chi connectivity index (χ2v) is 13.2. The lowest BCUT2D eigenvalue weighted by molar-refractivity contribution is -0.626. The fourth-order valence-electron chi connectivity index (χ4n) is 10.5.